The summed E-state index contributed by atoms with van der Waals surface area (Å²) < 4.78 is 26.0. The van der Waals surface area contributed by atoms with Gasteiger partial charge in [-0.3, -0.25) is 4.79 Å². The van der Waals surface area contributed by atoms with Gasteiger partial charge >= 0.3 is 0 Å². The first kappa shape index (κ1) is 14.8. The molecule has 1 rings (SSSR count). The van der Waals surface area contributed by atoms with Crippen LogP contribution < -0.4 is 0 Å². The van der Waals surface area contributed by atoms with Crippen molar-refractivity contribution in [1.82, 2.24) is 4.90 Å². The normalized spacial score (nSPS) is 11.3. The largest absolute Gasteiger partial charge is 0.301 e. The fourth-order valence-corrected chi connectivity index (χ4v) is 1.89. The van der Waals surface area contributed by atoms with Crippen LogP contribution in [-0.4, -0.2) is 29.8 Å². The molecule has 2 nitrogen and oxygen atoms in total. The van der Waals surface area contributed by atoms with Crippen LogP contribution in [0.15, 0.2) is 18.2 Å². The Morgan fingerprint density at radius 1 is 1.22 bits per heavy atom. The van der Waals surface area contributed by atoms with Gasteiger partial charge in [0.15, 0.2) is 5.78 Å². The molecule has 0 saturated heterocycles. The van der Waals surface area contributed by atoms with Crippen molar-refractivity contribution >= 4 is 5.78 Å². The fourth-order valence-electron chi connectivity index (χ4n) is 1.89. The smallest absolute Gasteiger partial charge is 0.164 e. The zero-order chi connectivity index (χ0) is 13.7. The SMILES string of the molecule is CCN(CCC(=O)c1cc(F)cc(F)c1)C(C)C. The molecule has 0 aromatic heterocycles. The lowest BCUT2D eigenvalue weighted by atomic mass is 10.1. The number of hydrogen-bond acceptors (Lipinski definition) is 2. The summed E-state index contributed by atoms with van der Waals surface area (Å²) in [6.07, 6.45) is 0.273. The summed E-state index contributed by atoms with van der Waals surface area (Å²) in [7, 11) is 0. The zero-order valence-corrected chi connectivity index (χ0v) is 11.0. The number of carbonyl (C=O) groups is 1. The number of nitrogens with zero attached hydrogens (tertiary/aromatic N) is 1. The molecular formula is C14H19F2NO. The molecule has 1 aromatic carbocycles. The standard InChI is InChI=1S/C14H19F2NO/c1-4-17(10(2)3)6-5-14(18)11-7-12(15)9-13(16)8-11/h7-10H,4-6H2,1-3H3. The fraction of sp³-hybridized carbons (Fsp3) is 0.500. The predicted octanol–water partition coefficient (Wildman–Crippen LogP) is 3.27. The first-order chi connectivity index (χ1) is 8.43. The van der Waals surface area contributed by atoms with Gasteiger partial charge in [0.05, 0.1) is 0 Å². The molecular weight excluding hydrogens is 236 g/mol. The lowest BCUT2D eigenvalue weighted by Crippen LogP contribution is -2.32. The van der Waals surface area contributed by atoms with Gasteiger partial charge in [-0.1, -0.05) is 6.92 Å². The van der Waals surface area contributed by atoms with Gasteiger partial charge in [0.25, 0.3) is 0 Å². The van der Waals surface area contributed by atoms with E-state index in [0.29, 0.717) is 12.6 Å². The highest BCUT2D eigenvalue weighted by Gasteiger charge is 2.12. The van der Waals surface area contributed by atoms with E-state index in [9.17, 15) is 13.6 Å². The summed E-state index contributed by atoms with van der Waals surface area (Å²) in [4.78, 5) is 14.0. The average Bonchev–Trinajstić information content (AvgIpc) is 2.27. The van der Waals surface area contributed by atoms with Gasteiger partial charge in [-0.15, -0.1) is 0 Å². The van der Waals surface area contributed by atoms with Crippen LogP contribution in [0.25, 0.3) is 0 Å². The number of ketones is 1. The molecule has 0 aliphatic carbocycles. The second-order valence-corrected chi connectivity index (χ2v) is 4.55. The van der Waals surface area contributed by atoms with Crippen LogP contribution >= 0.6 is 0 Å². The van der Waals surface area contributed by atoms with Gasteiger partial charge in [0.2, 0.25) is 0 Å². The number of halogens is 2. The van der Waals surface area contributed by atoms with E-state index in [0.717, 1.165) is 24.7 Å². The van der Waals surface area contributed by atoms with E-state index in [-0.39, 0.29) is 17.8 Å². The molecule has 0 bridgehead atoms. The molecule has 18 heavy (non-hydrogen) atoms. The molecule has 0 amide bonds. The van der Waals surface area contributed by atoms with Crippen LogP contribution in [0, 0.1) is 11.6 Å². The van der Waals surface area contributed by atoms with Crippen LogP contribution in [0.2, 0.25) is 0 Å². The molecule has 1 aromatic rings. The lowest BCUT2D eigenvalue weighted by Gasteiger charge is -2.24. The number of rotatable bonds is 6. The maximum Gasteiger partial charge on any atom is 0.164 e. The topological polar surface area (TPSA) is 20.3 Å². The van der Waals surface area contributed by atoms with Crippen molar-refractivity contribution in [2.24, 2.45) is 0 Å². The summed E-state index contributed by atoms with van der Waals surface area (Å²) >= 11 is 0. The van der Waals surface area contributed by atoms with Crippen molar-refractivity contribution < 1.29 is 13.6 Å². The van der Waals surface area contributed by atoms with Crippen LogP contribution in [0.5, 0.6) is 0 Å². The van der Waals surface area contributed by atoms with Crippen LogP contribution in [0.1, 0.15) is 37.6 Å². The minimum Gasteiger partial charge on any atom is -0.301 e. The van der Waals surface area contributed by atoms with Crippen molar-refractivity contribution in [3.05, 3.63) is 35.4 Å². The zero-order valence-electron chi connectivity index (χ0n) is 11.0. The van der Waals surface area contributed by atoms with E-state index >= 15 is 0 Å². The molecule has 0 saturated carbocycles. The van der Waals surface area contributed by atoms with E-state index < -0.39 is 11.6 Å². The molecule has 0 heterocycles. The monoisotopic (exact) mass is 255 g/mol. The van der Waals surface area contributed by atoms with Crippen molar-refractivity contribution in [1.29, 1.82) is 0 Å². The third-order valence-electron chi connectivity index (χ3n) is 2.95. The second-order valence-electron chi connectivity index (χ2n) is 4.55. The molecule has 0 aliphatic rings. The molecule has 0 N–H and O–H groups in total. The lowest BCUT2D eigenvalue weighted by molar-refractivity contribution is 0.0957. The Bertz CT molecular complexity index is 398. The summed E-state index contributed by atoms with van der Waals surface area (Å²) in [5.74, 6) is -1.66. The van der Waals surface area contributed by atoms with E-state index in [1.807, 2.05) is 6.92 Å². The number of benzene rings is 1. The van der Waals surface area contributed by atoms with Gasteiger partial charge < -0.3 is 4.90 Å². The van der Waals surface area contributed by atoms with Gasteiger partial charge in [-0.2, -0.15) is 0 Å². The predicted molar refractivity (Wildman–Crippen MR) is 67.7 cm³/mol. The third-order valence-corrected chi connectivity index (χ3v) is 2.95. The Morgan fingerprint density at radius 3 is 2.22 bits per heavy atom. The molecule has 0 spiro atoms. The van der Waals surface area contributed by atoms with Crippen LogP contribution in [0.4, 0.5) is 8.78 Å². The third kappa shape index (κ3) is 4.18. The van der Waals surface area contributed by atoms with Crippen molar-refractivity contribution in [3.8, 4) is 0 Å². The molecule has 0 fully saturated rings. The number of hydrogen-bond donors (Lipinski definition) is 0. The van der Waals surface area contributed by atoms with Gasteiger partial charge in [0.1, 0.15) is 11.6 Å². The molecule has 0 unspecified atom stereocenters. The van der Waals surface area contributed by atoms with Crippen LogP contribution in [0.3, 0.4) is 0 Å². The Kier molecular flexibility index (Phi) is 5.41. The maximum absolute atomic E-state index is 13.0. The first-order valence-corrected chi connectivity index (χ1v) is 6.17. The van der Waals surface area contributed by atoms with Crippen molar-refractivity contribution in [2.45, 2.75) is 33.2 Å². The highest BCUT2D eigenvalue weighted by Crippen LogP contribution is 2.11. The van der Waals surface area contributed by atoms with Crippen LogP contribution in [-0.2, 0) is 0 Å². The van der Waals surface area contributed by atoms with E-state index in [1.165, 1.54) is 0 Å². The minimum atomic E-state index is -0.713. The Balaban J connectivity index is 2.65. The van der Waals surface area contributed by atoms with Gasteiger partial charge in [0, 0.05) is 30.6 Å². The first-order valence-electron chi connectivity index (χ1n) is 6.17. The number of Topliss-reactive ketones (excluding diaryl/α,β-unsaturated/α-hetero) is 1. The van der Waals surface area contributed by atoms with E-state index in [1.54, 1.807) is 0 Å². The van der Waals surface area contributed by atoms with E-state index in [2.05, 4.69) is 18.7 Å². The van der Waals surface area contributed by atoms with Gasteiger partial charge in [-0.05, 0) is 32.5 Å². The summed E-state index contributed by atoms with van der Waals surface area (Å²) in [5.41, 5.74) is 0.104. The van der Waals surface area contributed by atoms with Gasteiger partial charge in [-0.25, -0.2) is 8.78 Å². The second kappa shape index (κ2) is 6.59. The van der Waals surface area contributed by atoms with Crippen molar-refractivity contribution in [3.63, 3.8) is 0 Å². The highest BCUT2D eigenvalue weighted by molar-refractivity contribution is 5.96. The Morgan fingerprint density at radius 2 is 1.78 bits per heavy atom. The number of carbonyl (C=O) groups excluding carboxylic acids is 1. The van der Waals surface area contributed by atoms with E-state index in [4.69, 9.17) is 0 Å². The average molecular weight is 255 g/mol. The summed E-state index contributed by atoms with van der Waals surface area (Å²) in [6, 6.07) is 3.28. The molecule has 4 heteroatoms. The van der Waals surface area contributed by atoms with Crippen molar-refractivity contribution in [2.75, 3.05) is 13.1 Å². The summed E-state index contributed by atoms with van der Waals surface area (Å²) in [5, 5.41) is 0. The highest BCUT2D eigenvalue weighted by atomic mass is 19.1. The Hall–Kier alpha value is -1.29. The minimum absolute atomic E-state index is 0.104. The molecule has 0 radical (unpaired) electrons. The molecule has 100 valence electrons. The summed E-state index contributed by atoms with van der Waals surface area (Å²) in [6.45, 7) is 7.57. The molecule has 0 atom stereocenters. The Labute approximate surface area is 107 Å². The quantitative estimate of drug-likeness (QED) is 0.727. The molecule has 0 aliphatic heterocycles. The maximum atomic E-state index is 13.0.